The first-order valence-corrected chi connectivity index (χ1v) is 11.5. The van der Waals surface area contributed by atoms with Crippen LogP contribution in [0.3, 0.4) is 0 Å². The average molecular weight is 499 g/mol. The molecule has 36 heavy (non-hydrogen) atoms. The highest BCUT2D eigenvalue weighted by molar-refractivity contribution is 6.30. The van der Waals surface area contributed by atoms with Crippen LogP contribution in [0, 0.1) is 6.92 Å². The van der Waals surface area contributed by atoms with Gasteiger partial charge < -0.3 is 9.47 Å². The van der Waals surface area contributed by atoms with Crippen molar-refractivity contribution in [3.8, 4) is 11.5 Å². The molecular formula is C29H23ClN2O4. The van der Waals surface area contributed by atoms with Crippen molar-refractivity contribution in [2.45, 2.75) is 13.5 Å². The van der Waals surface area contributed by atoms with Gasteiger partial charge in [0.1, 0.15) is 18.1 Å². The van der Waals surface area contributed by atoms with Gasteiger partial charge in [-0.3, -0.25) is 4.79 Å². The zero-order valence-electron chi connectivity index (χ0n) is 19.5. The molecule has 6 nitrogen and oxygen atoms in total. The maximum absolute atomic E-state index is 12.7. The minimum absolute atomic E-state index is 0.297. The van der Waals surface area contributed by atoms with Gasteiger partial charge in [-0.05, 0) is 78.7 Å². The Kier molecular flexibility index (Phi) is 8.11. The number of hydrazone groups is 1. The topological polar surface area (TPSA) is 77.0 Å². The number of benzene rings is 4. The molecule has 0 saturated carbocycles. The lowest BCUT2D eigenvalue weighted by molar-refractivity contribution is 0.0734. The van der Waals surface area contributed by atoms with Crippen molar-refractivity contribution in [2.75, 3.05) is 0 Å². The zero-order chi connectivity index (χ0) is 25.3. The molecule has 4 aromatic rings. The number of nitrogens with zero attached hydrogens (tertiary/aromatic N) is 1. The van der Waals surface area contributed by atoms with Gasteiger partial charge >= 0.3 is 5.97 Å². The zero-order valence-corrected chi connectivity index (χ0v) is 20.2. The predicted octanol–water partition coefficient (Wildman–Crippen LogP) is 6.21. The minimum atomic E-state index is -0.430. The van der Waals surface area contributed by atoms with Gasteiger partial charge in [0.05, 0.1) is 17.3 Å². The van der Waals surface area contributed by atoms with E-state index in [9.17, 15) is 9.59 Å². The molecule has 0 aliphatic heterocycles. The second-order valence-corrected chi connectivity index (χ2v) is 8.37. The Morgan fingerprint density at radius 2 is 1.58 bits per heavy atom. The van der Waals surface area contributed by atoms with Gasteiger partial charge in [0, 0.05) is 5.02 Å². The van der Waals surface area contributed by atoms with Crippen molar-refractivity contribution in [3.05, 3.63) is 130 Å². The highest BCUT2D eigenvalue weighted by Crippen LogP contribution is 2.20. The largest absolute Gasteiger partial charge is 0.488 e. The fourth-order valence-corrected chi connectivity index (χ4v) is 3.35. The van der Waals surface area contributed by atoms with E-state index in [1.165, 1.54) is 6.21 Å². The van der Waals surface area contributed by atoms with Crippen LogP contribution < -0.4 is 14.9 Å². The molecule has 4 aromatic carbocycles. The van der Waals surface area contributed by atoms with Crippen molar-refractivity contribution < 1.29 is 19.1 Å². The number of nitrogens with one attached hydrogen (secondary N) is 1. The number of carbonyl (C=O) groups excluding carboxylic acids is 2. The molecule has 0 atom stereocenters. The van der Waals surface area contributed by atoms with Crippen LogP contribution >= 0.6 is 11.6 Å². The average Bonchev–Trinajstić information content (AvgIpc) is 2.90. The molecule has 0 spiro atoms. The molecule has 0 heterocycles. The van der Waals surface area contributed by atoms with Crippen LogP contribution in [0.2, 0.25) is 5.02 Å². The van der Waals surface area contributed by atoms with Crippen LogP contribution in [-0.2, 0) is 6.61 Å². The van der Waals surface area contributed by atoms with Gasteiger partial charge in [-0.15, -0.1) is 0 Å². The number of rotatable bonds is 8. The fraction of sp³-hybridized carbons (Fsp3) is 0.0690. The molecule has 0 saturated heterocycles. The minimum Gasteiger partial charge on any atom is -0.488 e. The van der Waals surface area contributed by atoms with Crippen LogP contribution in [0.1, 0.15) is 37.4 Å². The third kappa shape index (κ3) is 6.81. The summed E-state index contributed by atoms with van der Waals surface area (Å²) in [6.07, 6.45) is 1.50. The molecule has 4 rings (SSSR count). The third-order valence-electron chi connectivity index (χ3n) is 5.20. The number of ether oxygens (including phenoxy) is 2. The van der Waals surface area contributed by atoms with E-state index in [1.54, 1.807) is 72.8 Å². The summed E-state index contributed by atoms with van der Waals surface area (Å²) in [5.41, 5.74) is 6.07. The summed E-state index contributed by atoms with van der Waals surface area (Å²) in [7, 11) is 0. The summed E-state index contributed by atoms with van der Waals surface area (Å²) < 4.78 is 11.2. The van der Waals surface area contributed by atoms with E-state index in [-0.39, 0.29) is 0 Å². The van der Waals surface area contributed by atoms with E-state index < -0.39 is 11.9 Å². The van der Waals surface area contributed by atoms with Crippen molar-refractivity contribution in [1.82, 2.24) is 5.43 Å². The second kappa shape index (κ2) is 11.8. The summed E-state index contributed by atoms with van der Waals surface area (Å²) in [4.78, 5) is 24.9. The molecule has 180 valence electrons. The Labute approximate surface area is 214 Å². The summed E-state index contributed by atoms with van der Waals surface area (Å²) in [5, 5.41) is 4.68. The lowest BCUT2D eigenvalue weighted by Gasteiger charge is -2.10. The van der Waals surface area contributed by atoms with E-state index >= 15 is 0 Å². The number of para-hydroxylation sites is 1. The Morgan fingerprint density at radius 3 is 2.31 bits per heavy atom. The first-order valence-electron chi connectivity index (χ1n) is 11.2. The highest BCUT2D eigenvalue weighted by atomic mass is 35.5. The summed E-state index contributed by atoms with van der Waals surface area (Å²) >= 11 is 5.92. The SMILES string of the molecule is Cc1ccc(C(=O)Oc2ccc(/C=N/NC(=O)c3ccccc3OCc3ccc(Cl)cc3)cc2)cc1. The Balaban J connectivity index is 1.32. The predicted molar refractivity (Wildman–Crippen MR) is 140 cm³/mol. The summed E-state index contributed by atoms with van der Waals surface area (Å²) in [6.45, 7) is 2.25. The molecule has 1 N–H and O–H groups in total. The first kappa shape index (κ1) is 24.7. The Morgan fingerprint density at radius 1 is 0.889 bits per heavy atom. The maximum atomic E-state index is 12.7. The number of hydrogen-bond donors (Lipinski definition) is 1. The number of aryl methyl sites for hydroxylation is 1. The van der Waals surface area contributed by atoms with Gasteiger partial charge in [0.15, 0.2) is 0 Å². The Hall–Kier alpha value is -4.42. The second-order valence-electron chi connectivity index (χ2n) is 7.94. The van der Waals surface area contributed by atoms with Gasteiger partial charge in [-0.2, -0.15) is 5.10 Å². The van der Waals surface area contributed by atoms with Gasteiger partial charge in [0.2, 0.25) is 0 Å². The highest BCUT2D eigenvalue weighted by Gasteiger charge is 2.12. The molecule has 0 bridgehead atoms. The van der Waals surface area contributed by atoms with Crippen molar-refractivity contribution in [1.29, 1.82) is 0 Å². The maximum Gasteiger partial charge on any atom is 0.343 e. The van der Waals surface area contributed by atoms with Crippen LogP contribution in [0.25, 0.3) is 0 Å². The van der Waals surface area contributed by atoms with Crippen LogP contribution in [0.5, 0.6) is 11.5 Å². The fourth-order valence-electron chi connectivity index (χ4n) is 3.23. The van der Waals surface area contributed by atoms with Gasteiger partial charge in [-0.1, -0.05) is 53.6 Å². The number of hydrogen-bond acceptors (Lipinski definition) is 5. The van der Waals surface area contributed by atoms with Crippen molar-refractivity contribution >= 4 is 29.7 Å². The number of esters is 1. The van der Waals surface area contributed by atoms with Crippen molar-refractivity contribution in [3.63, 3.8) is 0 Å². The molecule has 0 radical (unpaired) electrons. The lowest BCUT2D eigenvalue weighted by atomic mass is 10.1. The molecule has 0 aliphatic rings. The first-order chi connectivity index (χ1) is 17.5. The third-order valence-corrected chi connectivity index (χ3v) is 5.45. The van der Waals surface area contributed by atoms with E-state index in [0.29, 0.717) is 34.3 Å². The molecular weight excluding hydrogens is 476 g/mol. The van der Waals surface area contributed by atoms with Crippen LogP contribution in [-0.4, -0.2) is 18.1 Å². The van der Waals surface area contributed by atoms with Crippen molar-refractivity contribution in [2.24, 2.45) is 5.10 Å². The summed E-state index contributed by atoms with van der Waals surface area (Å²) in [6, 6.07) is 28.2. The van der Waals surface area contributed by atoms with E-state index in [4.69, 9.17) is 21.1 Å². The quantitative estimate of drug-likeness (QED) is 0.135. The number of halogens is 1. The summed E-state index contributed by atoms with van der Waals surface area (Å²) in [5.74, 6) is 0.0238. The molecule has 0 fully saturated rings. The van der Waals surface area contributed by atoms with E-state index in [2.05, 4.69) is 10.5 Å². The molecule has 0 aliphatic carbocycles. The van der Waals surface area contributed by atoms with E-state index in [1.807, 2.05) is 31.2 Å². The number of carbonyl (C=O) groups is 2. The lowest BCUT2D eigenvalue weighted by Crippen LogP contribution is -2.18. The van der Waals surface area contributed by atoms with Crippen LogP contribution in [0.4, 0.5) is 0 Å². The molecule has 0 aromatic heterocycles. The van der Waals surface area contributed by atoms with Gasteiger partial charge in [0.25, 0.3) is 5.91 Å². The normalized spacial score (nSPS) is 10.7. The smallest absolute Gasteiger partial charge is 0.343 e. The molecule has 0 unspecified atom stereocenters. The van der Waals surface area contributed by atoms with E-state index in [0.717, 1.165) is 16.7 Å². The standard InChI is InChI=1S/C29H23ClN2O4/c1-20-6-12-23(13-7-20)29(34)36-25-16-10-21(11-17-25)18-31-32-28(33)26-4-2-3-5-27(26)35-19-22-8-14-24(30)15-9-22/h2-18H,19H2,1H3,(H,32,33)/b31-18+. The monoisotopic (exact) mass is 498 g/mol. The molecule has 1 amide bonds. The van der Waals surface area contributed by atoms with Crippen LogP contribution in [0.15, 0.2) is 102 Å². The Bertz CT molecular complexity index is 1370. The molecule has 7 heteroatoms. The number of amides is 1. The van der Waals surface area contributed by atoms with Gasteiger partial charge in [-0.25, -0.2) is 10.2 Å².